The van der Waals surface area contributed by atoms with Crippen molar-refractivity contribution < 1.29 is 14.3 Å². The van der Waals surface area contributed by atoms with Crippen LogP contribution in [0.5, 0.6) is 0 Å². The molecule has 0 bridgehead atoms. The molecular formula is C11H24N2O3. The molecule has 0 rings (SSSR count). The van der Waals surface area contributed by atoms with Crippen LogP contribution < -0.4 is 10.6 Å². The summed E-state index contributed by atoms with van der Waals surface area (Å²) in [6.07, 6.45) is -0.369. The first-order valence-electron chi connectivity index (χ1n) is 5.68. The molecule has 0 saturated carbocycles. The van der Waals surface area contributed by atoms with E-state index in [2.05, 4.69) is 10.6 Å². The maximum atomic E-state index is 11.7. The van der Waals surface area contributed by atoms with E-state index in [9.17, 15) is 4.79 Å². The first-order chi connectivity index (χ1) is 7.47. The zero-order valence-electron chi connectivity index (χ0n) is 10.9. The maximum absolute atomic E-state index is 11.7. The van der Waals surface area contributed by atoms with Crippen LogP contribution in [0.25, 0.3) is 0 Å². The van der Waals surface area contributed by atoms with Gasteiger partial charge in [0.05, 0.1) is 12.1 Å². The highest BCUT2D eigenvalue weighted by Crippen LogP contribution is 2.01. The summed E-state index contributed by atoms with van der Waals surface area (Å²) in [5.74, 6) is -0.0700. The van der Waals surface area contributed by atoms with Crippen molar-refractivity contribution in [3.8, 4) is 0 Å². The first kappa shape index (κ1) is 15.3. The van der Waals surface area contributed by atoms with Gasteiger partial charge in [0.25, 0.3) is 0 Å². The van der Waals surface area contributed by atoms with Crippen LogP contribution >= 0.6 is 0 Å². The molecule has 5 nitrogen and oxygen atoms in total. The van der Waals surface area contributed by atoms with E-state index in [-0.39, 0.29) is 12.2 Å². The number of carbonyl (C=O) groups excluding carboxylic acids is 1. The molecule has 0 unspecified atom stereocenters. The summed E-state index contributed by atoms with van der Waals surface area (Å²) in [7, 11) is 1.75. The molecule has 0 aromatic heterocycles. The molecule has 2 N–H and O–H groups in total. The van der Waals surface area contributed by atoms with Crippen LogP contribution in [0.15, 0.2) is 0 Å². The zero-order valence-corrected chi connectivity index (χ0v) is 10.9. The Hall–Kier alpha value is -0.650. The highest BCUT2D eigenvalue weighted by Gasteiger charge is 2.25. The third-order valence-corrected chi connectivity index (χ3v) is 2.33. The minimum absolute atomic E-state index is 0.0700. The summed E-state index contributed by atoms with van der Waals surface area (Å²) < 4.78 is 10.6. The molecule has 16 heavy (non-hydrogen) atoms. The summed E-state index contributed by atoms with van der Waals surface area (Å²) in [5, 5.41) is 5.73. The number of likely N-dealkylation sites (N-methyl/N-ethyl adjacent to an activating group) is 1. The van der Waals surface area contributed by atoms with Crippen molar-refractivity contribution in [2.24, 2.45) is 0 Å². The molecule has 0 heterocycles. The molecule has 0 aromatic rings. The van der Waals surface area contributed by atoms with Gasteiger partial charge in [-0.25, -0.2) is 0 Å². The van der Waals surface area contributed by atoms with E-state index in [1.54, 1.807) is 7.05 Å². The Morgan fingerprint density at radius 2 is 1.75 bits per heavy atom. The number of ether oxygens (including phenoxy) is 2. The van der Waals surface area contributed by atoms with Crippen molar-refractivity contribution in [3.63, 3.8) is 0 Å². The number of amides is 1. The molecule has 0 atom stereocenters. The molecule has 0 aromatic carbocycles. The minimum Gasteiger partial charge on any atom is -0.351 e. The topological polar surface area (TPSA) is 59.6 Å². The maximum Gasteiger partial charge on any atom is 0.239 e. The van der Waals surface area contributed by atoms with Crippen molar-refractivity contribution in [3.05, 3.63) is 0 Å². The lowest BCUT2D eigenvalue weighted by atomic mass is 10.1. The Balaban J connectivity index is 4.04. The fourth-order valence-corrected chi connectivity index (χ4v) is 1.05. The van der Waals surface area contributed by atoms with Gasteiger partial charge in [0, 0.05) is 13.2 Å². The SMILES string of the molecule is CCOC(CNC(=O)C(C)(C)NC)OCC. The molecule has 1 amide bonds. The Morgan fingerprint density at radius 3 is 2.12 bits per heavy atom. The molecule has 0 aliphatic rings. The van der Waals surface area contributed by atoms with Crippen LogP contribution in [-0.4, -0.2) is 44.5 Å². The van der Waals surface area contributed by atoms with Gasteiger partial charge < -0.3 is 20.1 Å². The Morgan fingerprint density at radius 1 is 1.25 bits per heavy atom. The quantitative estimate of drug-likeness (QED) is 0.598. The number of carbonyl (C=O) groups is 1. The Kier molecular flexibility index (Phi) is 7.29. The predicted molar refractivity (Wildman–Crippen MR) is 63.2 cm³/mol. The Labute approximate surface area is 97.9 Å². The van der Waals surface area contributed by atoms with Crippen LogP contribution in [0.4, 0.5) is 0 Å². The summed E-state index contributed by atoms with van der Waals surface area (Å²) in [6.45, 7) is 8.92. The molecule has 0 saturated heterocycles. The van der Waals surface area contributed by atoms with Gasteiger partial charge in [0.1, 0.15) is 0 Å². The van der Waals surface area contributed by atoms with E-state index in [0.29, 0.717) is 19.8 Å². The lowest BCUT2D eigenvalue weighted by Crippen LogP contribution is -2.52. The Bertz CT molecular complexity index is 201. The highest BCUT2D eigenvalue weighted by molar-refractivity contribution is 5.85. The smallest absolute Gasteiger partial charge is 0.239 e. The van der Waals surface area contributed by atoms with E-state index >= 15 is 0 Å². The third kappa shape index (κ3) is 5.44. The van der Waals surface area contributed by atoms with Gasteiger partial charge in [0.2, 0.25) is 5.91 Å². The van der Waals surface area contributed by atoms with Gasteiger partial charge >= 0.3 is 0 Å². The summed E-state index contributed by atoms with van der Waals surface area (Å²) in [4.78, 5) is 11.7. The van der Waals surface area contributed by atoms with E-state index in [1.165, 1.54) is 0 Å². The van der Waals surface area contributed by atoms with Crippen molar-refractivity contribution in [2.75, 3.05) is 26.8 Å². The van der Waals surface area contributed by atoms with Gasteiger partial charge in [-0.2, -0.15) is 0 Å². The average molecular weight is 232 g/mol. The van der Waals surface area contributed by atoms with Gasteiger partial charge in [-0.05, 0) is 34.7 Å². The minimum atomic E-state index is -0.580. The number of hydrogen-bond acceptors (Lipinski definition) is 4. The first-order valence-corrected chi connectivity index (χ1v) is 5.68. The van der Waals surface area contributed by atoms with Crippen molar-refractivity contribution in [1.82, 2.24) is 10.6 Å². The molecule has 0 radical (unpaired) electrons. The number of hydrogen-bond donors (Lipinski definition) is 2. The molecule has 0 fully saturated rings. The molecule has 0 aliphatic heterocycles. The summed E-state index contributed by atoms with van der Waals surface area (Å²) in [5.41, 5.74) is -0.580. The molecular weight excluding hydrogens is 208 g/mol. The van der Waals surface area contributed by atoms with Crippen LogP contribution in [0, 0.1) is 0 Å². The van der Waals surface area contributed by atoms with Gasteiger partial charge in [-0.3, -0.25) is 4.79 Å². The third-order valence-electron chi connectivity index (χ3n) is 2.33. The van der Waals surface area contributed by atoms with Crippen LogP contribution in [0.1, 0.15) is 27.7 Å². The molecule has 0 spiro atoms. The van der Waals surface area contributed by atoms with Crippen molar-refractivity contribution in [1.29, 1.82) is 0 Å². The normalized spacial score (nSPS) is 11.9. The second kappa shape index (κ2) is 7.60. The van der Waals surface area contributed by atoms with Gasteiger partial charge in [0.15, 0.2) is 6.29 Å². The number of rotatable bonds is 8. The predicted octanol–water partition coefficient (Wildman–Crippen LogP) is 0.500. The van der Waals surface area contributed by atoms with Crippen LogP contribution in [-0.2, 0) is 14.3 Å². The molecule has 5 heteroatoms. The second-order valence-corrected chi connectivity index (χ2v) is 3.93. The lowest BCUT2D eigenvalue weighted by Gasteiger charge is -2.24. The van der Waals surface area contributed by atoms with E-state index in [4.69, 9.17) is 9.47 Å². The fourth-order valence-electron chi connectivity index (χ4n) is 1.05. The standard InChI is InChI=1S/C11H24N2O3/c1-6-15-9(16-7-2)8-13-10(14)11(3,4)12-5/h9,12H,6-8H2,1-5H3,(H,13,14). The van der Waals surface area contributed by atoms with Crippen LogP contribution in [0.3, 0.4) is 0 Å². The summed E-state index contributed by atoms with van der Waals surface area (Å²) >= 11 is 0. The van der Waals surface area contributed by atoms with Gasteiger partial charge in [-0.1, -0.05) is 0 Å². The van der Waals surface area contributed by atoms with Crippen molar-refractivity contribution >= 4 is 5.91 Å². The molecule has 0 aliphatic carbocycles. The average Bonchev–Trinajstić information content (AvgIpc) is 2.26. The summed E-state index contributed by atoms with van der Waals surface area (Å²) in [6, 6.07) is 0. The fraction of sp³-hybridized carbons (Fsp3) is 0.909. The van der Waals surface area contributed by atoms with Gasteiger partial charge in [-0.15, -0.1) is 0 Å². The van der Waals surface area contributed by atoms with E-state index in [1.807, 2.05) is 27.7 Å². The molecule has 96 valence electrons. The van der Waals surface area contributed by atoms with Crippen LogP contribution in [0.2, 0.25) is 0 Å². The monoisotopic (exact) mass is 232 g/mol. The lowest BCUT2D eigenvalue weighted by molar-refractivity contribution is -0.142. The van der Waals surface area contributed by atoms with E-state index < -0.39 is 5.54 Å². The van der Waals surface area contributed by atoms with E-state index in [0.717, 1.165) is 0 Å². The largest absolute Gasteiger partial charge is 0.351 e. The second-order valence-electron chi connectivity index (χ2n) is 3.93. The number of nitrogens with one attached hydrogen (secondary N) is 2. The zero-order chi connectivity index (χ0) is 12.6. The van der Waals surface area contributed by atoms with Crippen molar-refractivity contribution in [2.45, 2.75) is 39.5 Å². The highest BCUT2D eigenvalue weighted by atomic mass is 16.7.